The number of hydrogen-bond donors (Lipinski definition) is 0. The molecule has 0 fully saturated rings. The molecular formula is C13H9ClFN2O4. The Balaban J connectivity index is 2.08. The number of halogens is 2. The topological polar surface area (TPSA) is 70.5 Å². The number of hydrogen-bond acceptors (Lipinski definition) is 6. The highest BCUT2D eigenvalue weighted by atomic mass is 35.5. The first-order valence-corrected chi connectivity index (χ1v) is 6.03. The fourth-order valence-electron chi connectivity index (χ4n) is 1.25. The Morgan fingerprint density at radius 3 is 3.05 bits per heavy atom. The normalized spacial score (nSPS) is 10.0. The monoisotopic (exact) mass is 311 g/mol. The van der Waals surface area contributed by atoms with Crippen molar-refractivity contribution >= 4 is 17.6 Å². The van der Waals surface area contributed by atoms with Crippen molar-refractivity contribution in [2.24, 2.45) is 0 Å². The molecule has 1 heterocycles. The third-order valence-corrected chi connectivity index (χ3v) is 2.50. The third-order valence-electron chi connectivity index (χ3n) is 2.20. The fraction of sp³-hybridized carbons (Fsp3) is 0.154. The van der Waals surface area contributed by atoms with E-state index in [9.17, 15) is 9.18 Å². The summed E-state index contributed by atoms with van der Waals surface area (Å²) in [5, 5.41) is 0.0516. The minimum absolute atomic E-state index is 0.0516. The first-order chi connectivity index (χ1) is 10.1. The second kappa shape index (κ2) is 6.85. The zero-order valence-corrected chi connectivity index (χ0v) is 11.6. The molecule has 0 atom stereocenters. The molecule has 0 spiro atoms. The van der Waals surface area contributed by atoms with Crippen molar-refractivity contribution < 1.29 is 23.4 Å². The number of nitrogens with zero attached hydrogens (tertiary/aromatic N) is 2. The molecule has 2 aromatic rings. The second-order valence-electron chi connectivity index (χ2n) is 3.64. The maximum Gasteiger partial charge on any atom is 0.343 e. The minimum Gasteiger partial charge on any atom is -0.466 e. The molecule has 8 heteroatoms. The van der Waals surface area contributed by atoms with Crippen LogP contribution in [0.4, 0.5) is 4.39 Å². The third kappa shape index (κ3) is 4.28. The molecule has 2 rings (SSSR count). The van der Waals surface area contributed by atoms with Crippen LogP contribution in [0.3, 0.4) is 0 Å². The molecule has 0 N–H and O–H groups in total. The first kappa shape index (κ1) is 15.0. The van der Waals surface area contributed by atoms with Gasteiger partial charge in [0.05, 0.1) is 12.1 Å². The van der Waals surface area contributed by atoms with Gasteiger partial charge in [-0.2, -0.15) is 4.98 Å². The maximum absolute atomic E-state index is 12.9. The second-order valence-corrected chi connectivity index (χ2v) is 4.04. The lowest BCUT2D eigenvalue weighted by Crippen LogP contribution is -2.13. The number of rotatable bonds is 5. The molecule has 0 saturated carbocycles. The average molecular weight is 312 g/mol. The first-order valence-electron chi connectivity index (χ1n) is 5.65. The molecule has 0 aliphatic heterocycles. The quantitative estimate of drug-likeness (QED) is 0.790. The molecule has 0 saturated heterocycles. The number of carbonyl (C=O) groups excluding carboxylic acids is 1. The van der Waals surface area contributed by atoms with Gasteiger partial charge in [-0.25, -0.2) is 14.2 Å². The van der Waals surface area contributed by atoms with E-state index in [-0.39, 0.29) is 29.3 Å². The Morgan fingerprint density at radius 1 is 1.52 bits per heavy atom. The van der Waals surface area contributed by atoms with Crippen LogP contribution in [0.5, 0.6) is 17.6 Å². The molecule has 0 aliphatic carbocycles. The summed E-state index contributed by atoms with van der Waals surface area (Å²) in [7, 11) is 1.24. The van der Waals surface area contributed by atoms with E-state index in [1.807, 2.05) is 0 Å². The average Bonchev–Trinajstić information content (AvgIpc) is 2.48. The number of methoxy groups -OCH3 is 1. The van der Waals surface area contributed by atoms with Crippen LogP contribution in [0.1, 0.15) is 0 Å². The van der Waals surface area contributed by atoms with Crippen LogP contribution in [0, 0.1) is 11.9 Å². The van der Waals surface area contributed by atoms with E-state index in [2.05, 4.69) is 20.8 Å². The summed E-state index contributed by atoms with van der Waals surface area (Å²) >= 11 is 5.81. The van der Waals surface area contributed by atoms with Gasteiger partial charge in [-0.3, -0.25) is 0 Å². The summed E-state index contributed by atoms with van der Waals surface area (Å²) < 4.78 is 27.7. The van der Waals surface area contributed by atoms with Crippen LogP contribution in [0.2, 0.25) is 5.02 Å². The van der Waals surface area contributed by atoms with Crippen LogP contribution in [0.15, 0.2) is 24.4 Å². The highest BCUT2D eigenvalue weighted by Crippen LogP contribution is 2.28. The van der Waals surface area contributed by atoms with E-state index in [1.165, 1.54) is 25.4 Å². The standard InChI is InChI=1S/C13H9ClFN2O4/c1-19-12(18)7-20-11-4-5-16-13(17-11)21-10-3-2-8(15)6-9(10)14/h3-6H,7H2,1H3. The summed E-state index contributed by atoms with van der Waals surface area (Å²) in [4.78, 5) is 18.7. The highest BCUT2D eigenvalue weighted by Gasteiger charge is 2.09. The van der Waals surface area contributed by atoms with Crippen molar-refractivity contribution in [1.29, 1.82) is 0 Å². The van der Waals surface area contributed by atoms with Crippen LogP contribution < -0.4 is 9.47 Å². The summed E-state index contributed by atoms with van der Waals surface area (Å²) in [6.07, 6.45) is 1.37. The molecular weight excluding hydrogens is 303 g/mol. The summed E-state index contributed by atoms with van der Waals surface area (Å²) in [5.41, 5.74) is 0. The van der Waals surface area contributed by atoms with Crippen LogP contribution in [-0.4, -0.2) is 29.7 Å². The zero-order valence-electron chi connectivity index (χ0n) is 10.8. The van der Waals surface area contributed by atoms with Gasteiger partial charge in [-0.1, -0.05) is 11.6 Å². The molecule has 1 radical (unpaired) electrons. The molecule has 109 valence electrons. The fourth-order valence-corrected chi connectivity index (χ4v) is 1.44. The predicted octanol–water partition coefficient (Wildman–Crippen LogP) is 2.41. The number of ether oxygens (including phenoxy) is 3. The maximum atomic E-state index is 12.9. The van der Waals surface area contributed by atoms with Gasteiger partial charge >= 0.3 is 12.0 Å². The highest BCUT2D eigenvalue weighted by molar-refractivity contribution is 6.32. The molecule has 1 aromatic heterocycles. The SMILES string of the molecule is COC(=O)COc1ccnc(Oc2c[c]c(F)cc2Cl)n1. The smallest absolute Gasteiger partial charge is 0.343 e. The van der Waals surface area contributed by atoms with E-state index in [0.717, 1.165) is 6.07 Å². The van der Waals surface area contributed by atoms with Crippen molar-refractivity contribution in [1.82, 2.24) is 9.97 Å². The number of benzene rings is 1. The van der Waals surface area contributed by atoms with Gasteiger partial charge in [0.1, 0.15) is 5.82 Å². The van der Waals surface area contributed by atoms with Crippen molar-refractivity contribution in [2.75, 3.05) is 13.7 Å². The molecule has 0 amide bonds. The predicted molar refractivity (Wildman–Crippen MR) is 69.9 cm³/mol. The van der Waals surface area contributed by atoms with Crippen LogP contribution in [-0.2, 0) is 9.53 Å². The number of carbonyl (C=O) groups is 1. The Kier molecular flexibility index (Phi) is 4.89. The summed E-state index contributed by atoms with van der Waals surface area (Å²) in [6, 6.07) is 5.94. The van der Waals surface area contributed by atoms with Crippen LogP contribution >= 0.6 is 11.6 Å². The molecule has 0 bridgehead atoms. The van der Waals surface area contributed by atoms with E-state index >= 15 is 0 Å². The lowest BCUT2D eigenvalue weighted by molar-refractivity contribution is -0.143. The van der Waals surface area contributed by atoms with Gasteiger partial charge in [0.25, 0.3) is 0 Å². The van der Waals surface area contributed by atoms with Crippen molar-refractivity contribution in [2.45, 2.75) is 0 Å². The van der Waals surface area contributed by atoms with Gasteiger partial charge in [0.15, 0.2) is 12.4 Å². The number of aromatic nitrogens is 2. The Labute approximate surface area is 124 Å². The van der Waals surface area contributed by atoms with Crippen LogP contribution in [0.25, 0.3) is 0 Å². The lowest BCUT2D eigenvalue weighted by Gasteiger charge is -2.07. The molecule has 1 aromatic carbocycles. The van der Waals surface area contributed by atoms with E-state index < -0.39 is 11.8 Å². The van der Waals surface area contributed by atoms with E-state index in [0.29, 0.717) is 0 Å². The largest absolute Gasteiger partial charge is 0.466 e. The van der Waals surface area contributed by atoms with E-state index in [4.69, 9.17) is 21.1 Å². The molecule has 21 heavy (non-hydrogen) atoms. The van der Waals surface area contributed by atoms with E-state index in [1.54, 1.807) is 0 Å². The van der Waals surface area contributed by atoms with Crippen molar-refractivity contribution in [3.8, 4) is 17.6 Å². The number of esters is 1. The summed E-state index contributed by atoms with van der Waals surface area (Å²) in [6.45, 7) is -0.294. The Hall–Kier alpha value is -2.41. The molecule has 0 unspecified atom stereocenters. The van der Waals surface area contributed by atoms with Gasteiger partial charge in [0.2, 0.25) is 5.88 Å². The van der Waals surface area contributed by atoms with Gasteiger partial charge < -0.3 is 14.2 Å². The van der Waals surface area contributed by atoms with Gasteiger partial charge in [-0.15, -0.1) is 0 Å². The summed E-state index contributed by atoms with van der Waals surface area (Å²) in [5.74, 6) is -0.897. The van der Waals surface area contributed by atoms with Gasteiger partial charge in [0, 0.05) is 18.3 Å². The Bertz CT molecular complexity index is 654. The lowest BCUT2D eigenvalue weighted by atomic mass is 10.3. The minimum atomic E-state index is -0.608. The van der Waals surface area contributed by atoms with Crippen molar-refractivity contribution in [3.05, 3.63) is 41.3 Å². The molecule has 6 nitrogen and oxygen atoms in total. The molecule has 0 aliphatic rings. The van der Waals surface area contributed by atoms with Crippen molar-refractivity contribution in [3.63, 3.8) is 0 Å². The van der Waals surface area contributed by atoms with Gasteiger partial charge in [-0.05, 0) is 12.1 Å². The zero-order chi connectivity index (χ0) is 15.2. The Morgan fingerprint density at radius 2 is 2.33 bits per heavy atom.